The van der Waals surface area contributed by atoms with Crippen LogP contribution in [0.4, 0.5) is 0 Å². The molecule has 0 saturated carbocycles. The van der Waals surface area contributed by atoms with Gasteiger partial charge in [0.15, 0.2) is 0 Å². The number of ether oxygens (including phenoxy) is 1. The first-order valence-corrected chi connectivity index (χ1v) is 9.14. The summed E-state index contributed by atoms with van der Waals surface area (Å²) in [6.45, 7) is 4.70. The van der Waals surface area contributed by atoms with E-state index in [-0.39, 0.29) is 24.2 Å². The van der Waals surface area contributed by atoms with E-state index in [2.05, 4.69) is 5.32 Å². The average Bonchev–Trinajstić information content (AvgIpc) is 3.02. The highest BCUT2D eigenvalue weighted by Crippen LogP contribution is 2.27. The molecule has 1 heterocycles. The quantitative estimate of drug-likeness (QED) is 0.504. The average molecular weight is 380 g/mol. The molecule has 0 fully saturated rings. The van der Waals surface area contributed by atoms with Crippen molar-refractivity contribution >= 4 is 17.6 Å². The second-order valence-electron chi connectivity index (χ2n) is 6.67. The highest BCUT2D eigenvalue weighted by Gasteiger charge is 2.37. The lowest BCUT2D eigenvalue weighted by atomic mass is 10.1. The van der Waals surface area contributed by atoms with Gasteiger partial charge in [0.1, 0.15) is 5.84 Å². The first-order chi connectivity index (χ1) is 13.4. The molecule has 2 aromatic rings. The number of carbonyl (C=O) groups is 2. The first-order valence-electron chi connectivity index (χ1n) is 9.14. The molecular weight excluding hydrogens is 356 g/mol. The van der Waals surface area contributed by atoms with E-state index >= 15 is 0 Å². The smallest absolute Gasteiger partial charge is 0.270 e. The zero-order valence-corrected chi connectivity index (χ0v) is 16.0. The van der Waals surface area contributed by atoms with Gasteiger partial charge in [-0.25, -0.2) is 0 Å². The van der Waals surface area contributed by atoms with Gasteiger partial charge in [0, 0.05) is 24.3 Å². The fourth-order valence-corrected chi connectivity index (χ4v) is 3.24. The van der Waals surface area contributed by atoms with Crippen molar-refractivity contribution < 1.29 is 14.3 Å². The van der Waals surface area contributed by atoms with Crippen molar-refractivity contribution in [2.75, 3.05) is 6.61 Å². The Morgan fingerprint density at radius 3 is 2.61 bits per heavy atom. The molecule has 7 nitrogen and oxygen atoms in total. The number of benzene rings is 2. The zero-order chi connectivity index (χ0) is 20.3. The topological polar surface area (TPSA) is 109 Å². The van der Waals surface area contributed by atoms with Gasteiger partial charge >= 0.3 is 0 Å². The van der Waals surface area contributed by atoms with Gasteiger partial charge in [-0.15, -0.1) is 0 Å². The van der Waals surface area contributed by atoms with Crippen LogP contribution in [-0.2, 0) is 22.6 Å². The molecule has 1 unspecified atom stereocenters. The summed E-state index contributed by atoms with van der Waals surface area (Å²) in [6.07, 6.45) is -0.985. The Bertz CT molecular complexity index is 908. The lowest BCUT2D eigenvalue weighted by Gasteiger charge is -2.26. The molecule has 1 aliphatic heterocycles. The standard InChI is InChI=1S/C21H24N4O3/c1-3-28-21(25-12-17-13(2)5-4-6-16(17)20(25)27)19(26)24-11-14-7-9-15(10-8-14)18(22)23/h4-10,21H,3,11-12H2,1-2H3,(H3,22,23)(H,24,26). The predicted molar refractivity (Wildman–Crippen MR) is 106 cm³/mol. The van der Waals surface area contributed by atoms with Crippen molar-refractivity contribution in [2.24, 2.45) is 5.73 Å². The van der Waals surface area contributed by atoms with Crippen LogP contribution in [0, 0.1) is 12.3 Å². The van der Waals surface area contributed by atoms with E-state index in [4.69, 9.17) is 15.9 Å². The van der Waals surface area contributed by atoms with Gasteiger partial charge in [-0.3, -0.25) is 15.0 Å². The fourth-order valence-electron chi connectivity index (χ4n) is 3.24. The summed E-state index contributed by atoms with van der Waals surface area (Å²) in [6, 6.07) is 12.6. The first kappa shape index (κ1) is 19.6. The molecule has 28 heavy (non-hydrogen) atoms. The predicted octanol–water partition coefficient (Wildman–Crippen LogP) is 1.91. The number of amidine groups is 1. The van der Waals surface area contributed by atoms with Gasteiger partial charge < -0.3 is 20.7 Å². The van der Waals surface area contributed by atoms with Gasteiger partial charge in [0.05, 0.1) is 6.54 Å². The van der Waals surface area contributed by atoms with E-state index in [0.29, 0.717) is 24.3 Å². The highest BCUT2D eigenvalue weighted by molar-refractivity contribution is 6.01. The van der Waals surface area contributed by atoms with Crippen LogP contribution in [0.1, 0.15) is 39.5 Å². The number of hydrogen-bond acceptors (Lipinski definition) is 4. The Hall–Kier alpha value is -3.19. The van der Waals surface area contributed by atoms with Crippen molar-refractivity contribution in [1.29, 1.82) is 5.41 Å². The molecule has 0 aromatic heterocycles. The van der Waals surface area contributed by atoms with Crippen LogP contribution < -0.4 is 11.1 Å². The SMILES string of the molecule is CCOC(C(=O)NCc1ccc(C(=N)N)cc1)N1Cc2c(C)cccc2C1=O. The molecule has 0 bridgehead atoms. The molecule has 2 amide bonds. The maximum absolute atomic E-state index is 12.8. The molecule has 3 rings (SSSR count). The fraction of sp³-hybridized carbons (Fsp3) is 0.286. The maximum Gasteiger partial charge on any atom is 0.270 e. The second-order valence-corrected chi connectivity index (χ2v) is 6.67. The number of nitrogens with one attached hydrogen (secondary N) is 2. The van der Waals surface area contributed by atoms with Crippen LogP contribution in [0.25, 0.3) is 0 Å². The van der Waals surface area contributed by atoms with Crippen molar-refractivity contribution in [3.63, 3.8) is 0 Å². The van der Waals surface area contributed by atoms with Crippen molar-refractivity contribution in [3.05, 3.63) is 70.3 Å². The number of fused-ring (bicyclic) bond motifs is 1. The number of hydrogen-bond donors (Lipinski definition) is 3. The molecule has 0 spiro atoms. The second kappa shape index (κ2) is 8.22. The third kappa shape index (κ3) is 3.89. The molecule has 4 N–H and O–H groups in total. The van der Waals surface area contributed by atoms with Crippen LogP contribution >= 0.6 is 0 Å². The summed E-state index contributed by atoms with van der Waals surface area (Å²) in [5.41, 5.74) is 9.51. The molecule has 0 radical (unpaired) electrons. The number of carbonyl (C=O) groups excluding carboxylic acids is 2. The molecule has 0 aliphatic carbocycles. The summed E-state index contributed by atoms with van der Waals surface area (Å²) in [4.78, 5) is 27.0. The highest BCUT2D eigenvalue weighted by atomic mass is 16.5. The number of rotatable bonds is 7. The number of nitrogens with zero attached hydrogens (tertiary/aromatic N) is 1. The monoisotopic (exact) mass is 380 g/mol. The van der Waals surface area contributed by atoms with E-state index in [1.165, 1.54) is 4.90 Å². The van der Waals surface area contributed by atoms with E-state index in [0.717, 1.165) is 16.7 Å². The molecule has 2 aromatic carbocycles. The van der Waals surface area contributed by atoms with Crippen LogP contribution in [0.2, 0.25) is 0 Å². The Morgan fingerprint density at radius 2 is 2.00 bits per heavy atom. The number of nitrogens with two attached hydrogens (primary N) is 1. The molecule has 1 atom stereocenters. The summed E-state index contributed by atoms with van der Waals surface area (Å²) in [7, 11) is 0. The van der Waals surface area contributed by atoms with Crippen molar-refractivity contribution in [3.8, 4) is 0 Å². The van der Waals surface area contributed by atoms with Crippen LogP contribution in [0.5, 0.6) is 0 Å². The number of aryl methyl sites for hydroxylation is 1. The largest absolute Gasteiger partial charge is 0.384 e. The normalized spacial score (nSPS) is 13.9. The molecule has 146 valence electrons. The van der Waals surface area contributed by atoms with Gasteiger partial charge in [-0.05, 0) is 36.6 Å². The van der Waals surface area contributed by atoms with Gasteiger partial charge in [0.25, 0.3) is 11.8 Å². The van der Waals surface area contributed by atoms with Crippen LogP contribution in [0.15, 0.2) is 42.5 Å². The van der Waals surface area contributed by atoms with Gasteiger partial charge in [-0.2, -0.15) is 0 Å². The minimum absolute atomic E-state index is 0.00518. The van der Waals surface area contributed by atoms with Crippen molar-refractivity contribution in [1.82, 2.24) is 10.2 Å². The van der Waals surface area contributed by atoms with Crippen LogP contribution in [-0.4, -0.2) is 35.4 Å². The molecule has 0 saturated heterocycles. The minimum atomic E-state index is -0.985. The Kier molecular flexibility index (Phi) is 5.75. The Balaban J connectivity index is 1.70. The maximum atomic E-state index is 12.8. The lowest BCUT2D eigenvalue weighted by molar-refractivity contribution is -0.143. The summed E-state index contributed by atoms with van der Waals surface area (Å²) >= 11 is 0. The Morgan fingerprint density at radius 1 is 1.29 bits per heavy atom. The van der Waals surface area contributed by atoms with E-state index in [1.54, 1.807) is 37.3 Å². The minimum Gasteiger partial charge on any atom is -0.384 e. The van der Waals surface area contributed by atoms with Crippen LogP contribution in [0.3, 0.4) is 0 Å². The van der Waals surface area contributed by atoms with E-state index in [1.807, 2.05) is 19.1 Å². The summed E-state index contributed by atoms with van der Waals surface area (Å²) in [5, 5.41) is 10.2. The number of amides is 2. The summed E-state index contributed by atoms with van der Waals surface area (Å²) < 4.78 is 5.62. The van der Waals surface area contributed by atoms with Gasteiger partial charge in [0.2, 0.25) is 6.23 Å². The third-order valence-corrected chi connectivity index (χ3v) is 4.79. The van der Waals surface area contributed by atoms with E-state index < -0.39 is 6.23 Å². The van der Waals surface area contributed by atoms with Gasteiger partial charge in [-0.1, -0.05) is 36.4 Å². The summed E-state index contributed by atoms with van der Waals surface area (Å²) in [5.74, 6) is -0.566. The van der Waals surface area contributed by atoms with E-state index in [9.17, 15) is 9.59 Å². The molecular formula is C21H24N4O3. The molecule has 7 heteroatoms. The lowest BCUT2D eigenvalue weighted by Crippen LogP contribution is -2.48. The molecule has 1 aliphatic rings. The zero-order valence-electron chi connectivity index (χ0n) is 16.0. The van der Waals surface area contributed by atoms with Crippen molar-refractivity contribution in [2.45, 2.75) is 33.2 Å². The number of nitrogen functional groups attached to an aromatic ring is 1. The Labute approximate surface area is 164 Å². The third-order valence-electron chi connectivity index (χ3n) is 4.79.